The van der Waals surface area contributed by atoms with Gasteiger partial charge in [0.1, 0.15) is 0 Å². The molecule has 0 saturated carbocycles. The number of hydrogen-bond donors (Lipinski definition) is 0. The molecule has 0 amide bonds. The smallest absolute Gasteiger partial charge is 0.265 e. The molecule has 3 rings (SSSR count). The lowest BCUT2D eigenvalue weighted by atomic mass is 9.88. The van der Waals surface area contributed by atoms with Gasteiger partial charge in [-0.2, -0.15) is 16.8 Å². The second-order valence-electron chi connectivity index (χ2n) is 6.83. The van der Waals surface area contributed by atoms with E-state index >= 15 is 0 Å². The van der Waals surface area contributed by atoms with Crippen molar-refractivity contribution in [3.63, 3.8) is 0 Å². The summed E-state index contributed by atoms with van der Waals surface area (Å²) in [6.07, 6.45) is 1.53. The monoisotopic (exact) mass is 447 g/mol. The van der Waals surface area contributed by atoms with Crippen molar-refractivity contribution in [2.75, 3.05) is 13.2 Å². The van der Waals surface area contributed by atoms with Crippen LogP contribution in [-0.4, -0.2) is 35.0 Å². The molecule has 0 aliphatic carbocycles. The Balaban J connectivity index is 1.84. The molecule has 9 heteroatoms. The highest BCUT2D eigenvalue weighted by Gasteiger charge is 2.34. The van der Waals surface area contributed by atoms with Gasteiger partial charge in [-0.15, -0.1) is 0 Å². The molecular weight excluding hydrogens is 426 g/mol. The zero-order valence-corrected chi connectivity index (χ0v) is 17.8. The largest absolute Gasteiger partial charge is 0.297 e. The molecule has 158 valence electrons. The molecule has 1 aromatic heterocycles. The highest BCUT2D eigenvalue weighted by Crippen LogP contribution is 2.27. The van der Waals surface area contributed by atoms with E-state index < -0.39 is 25.7 Å². The van der Waals surface area contributed by atoms with E-state index in [9.17, 15) is 16.8 Å². The van der Waals surface area contributed by atoms with Crippen molar-refractivity contribution in [2.45, 2.75) is 22.1 Å². The minimum atomic E-state index is -4.04. The van der Waals surface area contributed by atoms with E-state index in [0.29, 0.717) is 5.69 Å². The molecule has 0 spiro atoms. The summed E-state index contributed by atoms with van der Waals surface area (Å²) >= 11 is 0. The zero-order valence-electron chi connectivity index (χ0n) is 16.2. The molecule has 0 atom stereocenters. The zero-order chi connectivity index (χ0) is 21.7. The molecule has 2 aromatic carbocycles. The first-order chi connectivity index (χ1) is 14.2. The summed E-state index contributed by atoms with van der Waals surface area (Å²) < 4.78 is 60.7. The van der Waals surface area contributed by atoms with Crippen LogP contribution in [-0.2, 0) is 34.0 Å². The first-order valence-corrected chi connectivity index (χ1v) is 11.9. The molecule has 0 unspecified atom stereocenters. The second kappa shape index (κ2) is 9.05. The number of rotatable bonds is 9. The van der Waals surface area contributed by atoms with Crippen LogP contribution < -0.4 is 0 Å². The summed E-state index contributed by atoms with van der Waals surface area (Å²) in [5, 5.41) is 0. The van der Waals surface area contributed by atoms with Crippen LogP contribution >= 0.6 is 0 Å². The summed E-state index contributed by atoms with van der Waals surface area (Å²) in [4.78, 5) is 4.26. The fourth-order valence-electron chi connectivity index (χ4n) is 2.63. The molecule has 30 heavy (non-hydrogen) atoms. The van der Waals surface area contributed by atoms with Crippen LogP contribution in [0.5, 0.6) is 0 Å². The normalized spacial score (nSPS) is 12.6. The average molecular weight is 448 g/mol. The molecular formula is C21H21NO6S2. The van der Waals surface area contributed by atoms with Crippen molar-refractivity contribution < 1.29 is 25.2 Å². The third kappa shape index (κ3) is 5.31. The summed E-state index contributed by atoms with van der Waals surface area (Å²) in [6, 6.07) is 20.5. The van der Waals surface area contributed by atoms with Gasteiger partial charge < -0.3 is 0 Å². The predicted octanol–water partition coefficient (Wildman–Crippen LogP) is 3.15. The van der Waals surface area contributed by atoms with Crippen LogP contribution in [0.15, 0.2) is 94.9 Å². The van der Waals surface area contributed by atoms with E-state index in [4.69, 9.17) is 8.37 Å². The molecule has 0 aliphatic rings. The Morgan fingerprint density at radius 3 is 1.53 bits per heavy atom. The molecule has 0 bridgehead atoms. The molecule has 0 fully saturated rings. The Bertz CT molecular complexity index is 1090. The van der Waals surface area contributed by atoms with Gasteiger partial charge in [0.05, 0.1) is 34.1 Å². The highest BCUT2D eigenvalue weighted by atomic mass is 32.2. The Morgan fingerprint density at radius 1 is 0.700 bits per heavy atom. The van der Waals surface area contributed by atoms with E-state index in [0.717, 1.165) is 0 Å². The number of benzene rings is 2. The van der Waals surface area contributed by atoms with Crippen molar-refractivity contribution in [3.05, 3.63) is 90.8 Å². The van der Waals surface area contributed by atoms with E-state index in [1.165, 1.54) is 30.5 Å². The third-order valence-corrected chi connectivity index (χ3v) is 6.97. The molecule has 1 heterocycles. The molecule has 7 nitrogen and oxygen atoms in total. The predicted molar refractivity (Wildman–Crippen MR) is 111 cm³/mol. The van der Waals surface area contributed by atoms with Crippen molar-refractivity contribution >= 4 is 20.2 Å². The molecule has 0 radical (unpaired) electrons. The van der Waals surface area contributed by atoms with Crippen molar-refractivity contribution in [1.82, 2.24) is 4.98 Å². The lowest BCUT2D eigenvalue weighted by Crippen LogP contribution is -2.36. The minimum Gasteiger partial charge on any atom is -0.265 e. The van der Waals surface area contributed by atoms with Crippen LogP contribution in [0.3, 0.4) is 0 Å². The molecule has 3 aromatic rings. The average Bonchev–Trinajstić information content (AvgIpc) is 2.78. The summed E-state index contributed by atoms with van der Waals surface area (Å²) in [7, 11) is -8.08. The van der Waals surface area contributed by atoms with E-state index in [-0.39, 0.29) is 23.0 Å². The van der Waals surface area contributed by atoms with Crippen LogP contribution in [0.2, 0.25) is 0 Å². The maximum Gasteiger partial charge on any atom is 0.297 e. The summed E-state index contributed by atoms with van der Waals surface area (Å²) in [6.45, 7) is 0.924. The van der Waals surface area contributed by atoms with Crippen LogP contribution in [0, 0.1) is 0 Å². The van der Waals surface area contributed by atoms with Crippen molar-refractivity contribution in [1.29, 1.82) is 0 Å². The minimum absolute atomic E-state index is 0.00574. The Hall–Kier alpha value is -2.59. The lowest BCUT2D eigenvalue weighted by molar-refractivity contribution is 0.159. The van der Waals surface area contributed by atoms with Gasteiger partial charge in [-0.3, -0.25) is 13.4 Å². The Labute approximate surface area is 176 Å². The van der Waals surface area contributed by atoms with Gasteiger partial charge in [-0.05, 0) is 43.3 Å². The second-order valence-corrected chi connectivity index (χ2v) is 10.1. The number of aromatic nitrogens is 1. The quantitative estimate of drug-likeness (QED) is 0.465. The maximum atomic E-state index is 12.5. The highest BCUT2D eigenvalue weighted by molar-refractivity contribution is 7.87. The lowest BCUT2D eigenvalue weighted by Gasteiger charge is -2.28. The fourth-order valence-corrected chi connectivity index (χ4v) is 4.72. The molecule has 0 aliphatic heterocycles. The van der Waals surface area contributed by atoms with Gasteiger partial charge >= 0.3 is 0 Å². The fraction of sp³-hybridized carbons (Fsp3) is 0.190. The van der Waals surface area contributed by atoms with E-state index in [1.54, 1.807) is 61.5 Å². The number of nitrogens with zero attached hydrogens (tertiary/aromatic N) is 1. The third-order valence-electron chi connectivity index (χ3n) is 4.41. The topological polar surface area (TPSA) is 99.6 Å². The van der Waals surface area contributed by atoms with Gasteiger partial charge in [-0.25, -0.2) is 0 Å². The molecule has 0 N–H and O–H groups in total. The van der Waals surface area contributed by atoms with Gasteiger partial charge in [0.25, 0.3) is 20.2 Å². The maximum absolute atomic E-state index is 12.5. The van der Waals surface area contributed by atoms with Crippen LogP contribution in [0.4, 0.5) is 0 Å². The van der Waals surface area contributed by atoms with Gasteiger partial charge in [-0.1, -0.05) is 42.5 Å². The Kier molecular flexibility index (Phi) is 6.67. The van der Waals surface area contributed by atoms with E-state index in [1.807, 2.05) is 0 Å². The SMILES string of the molecule is CC(COS(=O)(=O)c1ccccc1)(COS(=O)(=O)c1ccccc1)c1ccccn1. The van der Waals surface area contributed by atoms with Crippen molar-refractivity contribution in [2.24, 2.45) is 0 Å². The Morgan fingerprint density at radius 2 is 1.13 bits per heavy atom. The van der Waals surface area contributed by atoms with E-state index in [2.05, 4.69) is 4.98 Å². The number of hydrogen-bond acceptors (Lipinski definition) is 7. The standard InChI is InChI=1S/C21H21NO6S2/c1-21(20-14-8-9-15-22-20,16-27-29(23,24)18-10-4-2-5-11-18)17-28-30(25,26)19-12-6-3-7-13-19/h2-15H,16-17H2,1H3. The van der Waals surface area contributed by atoms with Crippen LogP contribution in [0.25, 0.3) is 0 Å². The first-order valence-electron chi connectivity index (χ1n) is 9.03. The van der Waals surface area contributed by atoms with Crippen LogP contribution in [0.1, 0.15) is 12.6 Å². The van der Waals surface area contributed by atoms with Gasteiger partial charge in [0.2, 0.25) is 0 Å². The summed E-state index contributed by atoms with van der Waals surface area (Å²) in [5.74, 6) is 0. The summed E-state index contributed by atoms with van der Waals surface area (Å²) in [5.41, 5.74) is -0.707. The number of pyridine rings is 1. The van der Waals surface area contributed by atoms with Gasteiger partial charge in [0.15, 0.2) is 0 Å². The first kappa shape index (κ1) is 22.1. The molecule has 0 saturated heterocycles. The van der Waals surface area contributed by atoms with Gasteiger partial charge in [0, 0.05) is 6.20 Å². The van der Waals surface area contributed by atoms with Crippen molar-refractivity contribution in [3.8, 4) is 0 Å².